The molecule has 0 aliphatic carbocycles. The van der Waals surface area contributed by atoms with Gasteiger partial charge >= 0.3 is 0 Å². The first-order chi connectivity index (χ1) is 12.6. The number of rotatable bonds is 7. The molecule has 1 amide bonds. The highest BCUT2D eigenvalue weighted by atomic mass is 32.2. The Balaban J connectivity index is 1.55. The zero-order chi connectivity index (χ0) is 18.4. The summed E-state index contributed by atoms with van der Waals surface area (Å²) in [5, 5.41) is 6.98. The summed E-state index contributed by atoms with van der Waals surface area (Å²) in [5.41, 5.74) is 0.914. The number of ether oxygens (including phenoxy) is 1. The van der Waals surface area contributed by atoms with Crippen molar-refractivity contribution in [2.75, 3.05) is 12.4 Å². The summed E-state index contributed by atoms with van der Waals surface area (Å²) < 4.78 is 6.89. The summed E-state index contributed by atoms with van der Waals surface area (Å²) in [6.45, 7) is 2.43. The van der Waals surface area contributed by atoms with Gasteiger partial charge in [0.1, 0.15) is 5.75 Å². The van der Waals surface area contributed by atoms with Crippen molar-refractivity contribution in [3.8, 4) is 5.75 Å². The molecular weight excluding hydrogens is 348 g/mol. The van der Waals surface area contributed by atoms with Crippen LogP contribution in [0.2, 0.25) is 0 Å². The number of amides is 1. The fourth-order valence-electron chi connectivity index (χ4n) is 2.31. The van der Waals surface area contributed by atoms with Crippen molar-refractivity contribution in [1.29, 1.82) is 0 Å². The number of thioether (sulfide) groups is 1. The maximum absolute atomic E-state index is 12.4. The van der Waals surface area contributed by atoms with Gasteiger partial charge in [0.2, 0.25) is 5.91 Å². The summed E-state index contributed by atoms with van der Waals surface area (Å²) in [6.07, 6.45) is 3.57. The van der Waals surface area contributed by atoms with Gasteiger partial charge in [-0.2, -0.15) is 5.10 Å². The molecule has 0 bridgehead atoms. The lowest BCUT2D eigenvalue weighted by atomic mass is 10.3. The fraction of sp³-hybridized carbons (Fsp3) is 0.211. The number of benzene rings is 1. The molecule has 7 heteroatoms. The Hall–Kier alpha value is -2.80. The molecule has 0 saturated heterocycles. The van der Waals surface area contributed by atoms with Crippen molar-refractivity contribution in [3.05, 3.63) is 66.6 Å². The van der Waals surface area contributed by atoms with Crippen LogP contribution in [0.15, 0.2) is 65.8 Å². The normalized spacial score (nSPS) is 11.8. The Morgan fingerprint density at radius 2 is 2.04 bits per heavy atom. The molecule has 1 N–H and O–H groups in total. The number of hydrogen-bond acceptors (Lipinski definition) is 5. The second kappa shape index (κ2) is 8.53. The number of methoxy groups -OCH3 is 1. The van der Waals surface area contributed by atoms with E-state index in [9.17, 15) is 4.79 Å². The number of nitrogens with one attached hydrogen (secondary N) is 1. The van der Waals surface area contributed by atoms with E-state index in [0.717, 1.165) is 16.3 Å². The van der Waals surface area contributed by atoms with Crippen LogP contribution in [0.25, 0.3) is 0 Å². The number of hydrogen-bond donors (Lipinski definition) is 1. The predicted octanol–water partition coefficient (Wildman–Crippen LogP) is 3.45. The summed E-state index contributed by atoms with van der Waals surface area (Å²) in [4.78, 5) is 17.7. The van der Waals surface area contributed by atoms with Crippen LogP contribution in [0.5, 0.6) is 5.75 Å². The van der Waals surface area contributed by atoms with E-state index < -0.39 is 0 Å². The van der Waals surface area contributed by atoms with Gasteiger partial charge in [0.25, 0.3) is 0 Å². The molecule has 3 rings (SSSR count). The topological polar surface area (TPSA) is 69.0 Å². The fourth-order valence-corrected chi connectivity index (χ4v) is 3.18. The van der Waals surface area contributed by atoms with Crippen LogP contribution in [-0.2, 0) is 11.3 Å². The van der Waals surface area contributed by atoms with Gasteiger partial charge in [0.15, 0.2) is 5.82 Å². The third-order valence-electron chi connectivity index (χ3n) is 3.68. The Labute approximate surface area is 156 Å². The average molecular weight is 368 g/mol. The minimum Gasteiger partial charge on any atom is -0.497 e. The molecule has 1 unspecified atom stereocenters. The van der Waals surface area contributed by atoms with E-state index in [1.807, 2.05) is 55.6 Å². The third kappa shape index (κ3) is 4.86. The van der Waals surface area contributed by atoms with Crippen molar-refractivity contribution < 1.29 is 9.53 Å². The van der Waals surface area contributed by atoms with Gasteiger partial charge < -0.3 is 10.1 Å². The molecule has 0 aliphatic heterocycles. The summed E-state index contributed by atoms with van der Waals surface area (Å²) in [5.74, 6) is 1.24. The SMILES string of the molecule is COc1ccc(SC(C)C(=O)Nc2ccn(Cc3ccccn3)n2)cc1. The van der Waals surface area contributed by atoms with Gasteiger partial charge in [0.05, 0.1) is 24.6 Å². The monoisotopic (exact) mass is 368 g/mol. The number of anilines is 1. The van der Waals surface area contributed by atoms with Gasteiger partial charge in [0, 0.05) is 23.4 Å². The largest absolute Gasteiger partial charge is 0.497 e. The number of pyridine rings is 1. The Bertz CT molecular complexity index is 849. The lowest BCUT2D eigenvalue weighted by Crippen LogP contribution is -2.22. The molecule has 0 fully saturated rings. The molecule has 0 spiro atoms. The van der Waals surface area contributed by atoms with Crippen molar-refractivity contribution in [2.45, 2.75) is 23.6 Å². The third-order valence-corrected chi connectivity index (χ3v) is 4.80. The highest BCUT2D eigenvalue weighted by Crippen LogP contribution is 2.26. The zero-order valence-electron chi connectivity index (χ0n) is 14.6. The molecule has 1 atom stereocenters. The van der Waals surface area contributed by atoms with Crippen LogP contribution >= 0.6 is 11.8 Å². The molecule has 0 radical (unpaired) electrons. The first kappa shape index (κ1) is 18.0. The number of aromatic nitrogens is 3. The molecular formula is C19H20N4O2S. The lowest BCUT2D eigenvalue weighted by Gasteiger charge is -2.11. The second-order valence-corrected chi connectivity index (χ2v) is 7.06. The molecule has 0 aliphatic rings. The molecule has 2 aromatic heterocycles. The second-order valence-electron chi connectivity index (χ2n) is 5.64. The van der Waals surface area contributed by atoms with Gasteiger partial charge in [-0.25, -0.2) is 0 Å². The molecule has 3 aromatic rings. The quantitative estimate of drug-likeness (QED) is 0.647. The molecule has 26 heavy (non-hydrogen) atoms. The highest BCUT2D eigenvalue weighted by Gasteiger charge is 2.15. The maximum Gasteiger partial charge on any atom is 0.238 e. The standard InChI is InChI=1S/C19H20N4O2S/c1-14(26-17-8-6-16(25-2)7-9-17)19(24)21-18-10-12-23(22-18)13-15-5-3-4-11-20-15/h3-12,14H,13H2,1-2H3,(H,21,22,24). The Kier molecular flexibility index (Phi) is 5.91. The van der Waals surface area contributed by atoms with E-state index in [1.54, 1.807) is 24.1 Å². The number of nitrogens with zero attached hydrogens (tertiary/aromatic N) is 3. The van der Waals surface area contributed by atoms with Crippen LogP contribution in [0.1, 0.15) is 12.6 Å². The minimum atomic E-state index is -0.246. The van der Waals surface area contributed by atoms with Crippen LogP contribution in [0.3, 0.4) is 0 Å². The molecule has 0 saturated carbocycles. The van der Waals surface area contributed by atoms with E-state index in [1.165, 1.54) is 11.8 Å². The summed E-state index contributed by atoms with van der Waals surface area (Å²) in [6, 6.07) is 15.2. The van der Waals surface area contributed by atoms with E-state index >= 15 is 0 Å². The number of carbonyl (C=O) groups excluding carboxylic acids is 1. The zero-order valence-corrected chi connectivity index (χ0v) is 15.4. The van der Waals surface area contributed by atoms with E-state index in [2.05, 4.69) is 15.4 Å². The summed E-state index contributed by atoms with van der Waals surface area (Å²) in [7, 11) is 1.63. The van der Waals surface area contributed by atoms with Crippen molar-refractivity contribution in [1.82, 2.24) is 14.8 Å². The Morgan fingerprint density at radius 3 is 2.73 bits per heavy atom. The lowest BCUT2D eigenvalue weighted by molar-refractivity contribution is -0.115. The first-order valence-corrected chi connectivity index (χ1v) is 9.07. The van der Waals surface area contributed by atoms with Crippen LogP contribution in [0.4, 0.5) is 5.82 Å². The van der Waals surface area contributed by atoms with Gasteiger partial charge in [-0.1, -0.05) is 6.07 Å². The van der Waals surface area contributed by atoms with Crippen molar-refractivity contribution >= 4 is 23.5 Å². The maximum atomic E-state index is 12.4. The van der Waals surface area contributed by atoms with Gasteiger partial charge in [-0.05, 0) is 43.3 Å². The van der Waals surface area contributed by atoms with Gasteiger partial charge in [-0.15, -0.1) is 11.8 Å². The smallest absolute Gasteiger partial charge is 0.238 e. The molecule has 1 aromatic carbocycles. The van der Waals surface area contributed by atoms with Crippen LogP contribution in [-0.4, -0.2) is 33.0 Å². The molecule has 134 valence electrons. The van der Waals surface area contributed by atoms with E-state index in [0.29, 0.717) is 12.4 Å². The summed E-state index contributed by atoms with van der Waals surface area (Å²) >= 11 is 1.49. The van der Waals surface area contributed by atoms with Gasteiger partial charge in [-0.3, -0.25) is 14.5 Å². The molecule has 2 heterocycles. The first-order valence-electron chi connectivity index (χ1n) is 8.19. The molecule has 6 nitrogen and oxygen atoms in total. The van der Waals surface area contributed by atoms with Crippen LogP contribution in [0, 0.1) is 0 Å². The van der Waals surface area contributed by atoms with Crippen LogP contribution < -0.4 is 10.1 Å². The van der Waals surface area contributed by atoms with E-state index in [-0.39, 0.29) is 11.2 Å². The highest BCUT2D eigenvalue weighted by molar-refractivity contribution is 8.00. The predicted molar refractivity (Wildman–Crippen MR) is 103 cm³/mol. The van der Waals surface area contributed by atoms with Crippen molar-refractivity contribution in [3.63, 3.8) is 0 Å². The van der Waals surface area contributed by atoms with Crippen molar-refractivity contribution in [2.24, 2.45) is 0 Å². The number of carbonyl (C=O) groups is 1. The van der Waals surface area contributed by atoms with E-state index in [4.69, 9.17) is 4.74 Å². The average Bonchev–Trinajstić information content (AvgIpc) is 3.10. The Morgan fingerprint density at radius 1 is 1.23 bits per heavy atom. The minimum absolute atomic E-state index is 0.0890.